The maximum atomic E-state index is 13.9. The van der Waals surface area contributed by atoms with E-state index in [0.717, 1.165) is 24.0 Å². The van der Waals surface area contributed by atoms with Crippen LogP contribution in [-0.4, -0.2) is 22.7 Å². The second kappa shape index (κ2) is 9.23. The van der Waals surface area contributed by atoms with Crippen LogP contribution < -0.4 is 4.74 Å². The fourth-order valence-electron chi connectivity index (χ4n) is 3.23. The van der Waals surface area contributed by atoms with Crippen molar-refractivity contribution in [1.29, 1.82) is 0 Å². The van der Waals surface area contributed by atoms with Crippen molar-refractivity contribution in [2.75, 3.05) is 5.75 Å². The van der Waals surface area contributed by atoms with Gasteiger partial charge in [0, 0.05) is 10.3 Å². The third kappa shape index (κ3) is 5.04. The van der Waals surface area contributed by atoms with Crippen molar-refractivity contribution in [3.8, 4) is 11.5 Å². The fraction of sp³-hybridized carbons (Fsp3) is 0.250. The summed E-state index contributed by atoms with van der Waals surface area (Å²) in [6.45, 7) is 3.98. The minimum absolute atomic E-state index is 0.0486. The number of fused-ring (bicyclic) bond motifs is 1. The largest absolute Gasteiger partial charge is 0.481 e. The molecule has 0 radical (unpaired) electrons. The van der Waals surface area contributed by atoms with E-state index in [0.29, 0.717) is 28.0 Å². The van der Waals surface area contributed by atoms with Gasteiger partial charge >= 0.3 is 5.97 Å². The number of carbonyl (C=O) groups is 1. The molecule has 0 amide bonds. The van der Waals surface area contributed by atoms with Gasteiger partial charge in [-0.25, -0.2) is 4.39 Å². The monoisotopic (exact) mass is 412 g/mol. The molecule has 3 aromatic carbocycles. The highest BCUT2D eigenvalue weighted by molar-refractivity contribution is 8.14. The molecule has 0 aliphatic carbocycles. The van der Waals surface area contributed by atoms with Gasteiger partial charge in [0.2, 0.25) is 0 Å². The second-order valence-corrected chi connectivity index (χ2v) is 8.91. The first-order chi connectivity index (χ1) is 13.9. The first kappa shape index (κ1) is 21.1. The third-order valence-electron chi connectivity index (χ3n) is 4.87. The minimum Gasteiger partial charge on any atom is -0.481 e. The van der Waals surface area contributed by atoms with E-state index in [9.17, 15) is 14.3 Å². The van der Waals surface area contributed by atoms with Gasteiger partial charge in [-0.3, -0.25) is 4.79 Å². The smallest absolute Gasteiger partial charge is 0.307 e. The van der Waals surface area contributed by atoms with E-state index < -0.39 is 5.97 Å². The van der Waals surface area contributed by atoms with Crippen molar-refractivity contribution in [3.05, 3.63) is 65.5 Å². The van der Waals surface area contributed by atoms with Crippen LogP contribution in [0.25, 0.3) is 10.8 Å². The number of benzene rings is 3. The summed E-state index contributed by atoms with van der Waals surface area (Å²) in [5.74, 6) is 5.16. The molecule has 1 unspecified atom stereocenters. The summed E-state index contributed by atoms with van der Waals surface area (Å²) >= 11 is 0. The summed E-state index contributed by atoms with van der Waals surface area (Å²) in [5.41, 5.74) is 1.36. The molecular weight excluding hydrogens is 387 g/mol. The average Bonchev–Trinajstić information content (AvgIpc) is 2.70. The summed E-state index contributed by atoms with van der Waals surface area (Å²) in [6, 6.07) is 14.0. The van der Waals surface area contributed by atoms with Gasteiger partial charge in [0.05, 0.1) is 6.42 Å². The quantitative estimate of drug-likeness (QED) is 0.426. The van der Waals surface area contributed by atoms with Crippen molar-refractivity contribution in [1.82, 2.24) is 0 Å². The van der Waals surface area contributed by atoms with Gasteiger partial charge in [-0.1, -0.05) is 31.3 Å². The fourth-order valence-corrected chi connectivity index (χ4v) is 4.62. The molecule has 3 aromatic rings. The van der Waals surface area contributed by atoms with E-state index >= 15 is 0 Å². The lowest BCUT2D eigenvalue weighted by atomic mass is 9.98. The Balaban J connectivity index is 1.98. The standard InChI is InChI=1S/C24H25FO3S/c1-4-5-12-29(3)21-10-8-20(9-11-21)28-24-16(2)18(14-23(26)27)13-17-6-7-19(25)15-22(17)24/h6-11,13,15H,3-5,12,14H2,1-2H3,(H,26,27). The molecule has 0 heterocycles. The zero-order valence-corrected chi connectivity index (χ0v) is 17.5. The molecule has 0 aliphatic heterocycles. The molecular formula is C24H25FO3S. The number of halogens is 1. The van der Waals surface area contributed by atoms with E-state index in [2.05, 4.69) is 12.8 Å². The van der Waals surface area contributed by atoms with Crippen LogP contribution in [-0.2, 0) is 11.2 Å². The molecule has 5 heteroatoms. The summed E-state index contributed by atoms with van der Waals surface area (Å²) in [5, 5.41) is 10.6. The van der Waals surface area contributed by atoms with E-state index in [1.54, 1.807) is 12.1 Å². The first-order valence-corrected chi connectivity index (χ1v) is 11.2. The normalized spacial score (nSPS) is 12.1. The van der Waals surface area contributed by atoms with Gasteiger partial charge in [-0.2, -0.15) is 10.5 Å². The predicted molar refractivity (Wildman–Crippen MR) is 119 cm³/mol. The molecule has 1 atom stereocenters. The summed E-state index contributed by atoms with van der Waals surface area (Å²) in [7, 11) is -0.0486. The van der Waals surface area contributed by atoms with Gasteiger partial charge in [0.25, 0.3) is 0 Å². The van der Waals surface area contributed by atoms with Crippen molar-refractivity contribution in [3.63, 3.8) is 0 Å². The number of carboxylic acids is 1. The molecule has 0 fully saturated rings. The van der Waals surface area contributed by atoms with Gasteiger partial charge in [-0.05, 0) is 72.0 Å². The summed E-state index contributed by atoms with van der Waals surface area (Å²) < 4.78 is 20.0. The summed E-state index contributed by atoms with van der Waals surface area (Å²) in [4.78, 5) is 12.4. The number of aliphatic carboxylic acids is 1. The third-order valence-corrected chi connectivity index (χ3v) is 6.60. The highest BCUT2D eigenvalue weighted by atomic mass is 32.2. The zero-order valence-electron chi connectivity index (χ0n) is 16.7. The van der Waals surface area contributed by atoms with Crippen molar-refractivity contribution in [2.24, 2.45) is 0 Å². The number of unbranched alkanes of at least 4 members (excludes halogenated alkanes) is 1. The predicted octanol–water partition coefficient (Wildman–Crippen LogP) is 6.57. The molecule has 0 aromatic heterocycles. The Labute approximate surface area is 173 Å². The van der Waals surface area contributed by atoms with E-state index in [4.69, 9.17) is 4.74 Å². The van der Waals surface area contributed by atoms with Crippen LogP contribution in [0.2, 0.25) is 0 Å². The van der Waals surface area contributed by atoms with Crippen molar-refractivity contribution < 1.29 is 19.0 Å². The molecule has 3 nitrogen and oxygen atoms in total. The highest BCUT2D eigenvalue weighted by Crippen LogP contribution is 2.37. The number of hydrogen-bond acceptors (Lipinski definition) is 2. The van der Waals surface area contributed by atoms with Crippen LogP contribution in [0.4, 0.5) is 4.39 Å². The lowest BCUT2D eigenvalue weighted by Crippen LogP contribution is -2.03. The lowest BCUT2D eigenvalue weighted by Gasteiger charge is -2.16. The number of carboxylic acid groups (broad SMARTS) is 1. The van der Waals surface area contributed by atoms with Gasteiger partial charge in [-0.15, -0.1) is 0 Å². The van der Waals surface area contributed by atoms with Crippen LogP contribution in [0.3, 0.4) is 0 Å². The SMILES string of the molecule is C=S(CCCC)c1ccc(Oc2c(C)c(CC(=O)O)cc3ccc(F)cc23)cc1. The van der Waals surface area contributed by atoms with Crippen LogP contribution in [0.5, 0.6) is 11.5 Å². The van der Waals surface area contributed by atoms with E-state index in [1.807, 2.05) is 31.2 Å². The number of hydrogen-bond donors (Lipinski definition) is 1. The molecule has 0 bridgehead atoms. The van der Waals surface area contributed by atoms with Crippen molar-refractivity contribution in [2.45, 2.75) is 38.0 Å². The minimum atomic E-state index is -0.917. The van der Waals surface area contributed by atoms with Gasteiger partial charge < -0.3 is 9.84 Å². The average molecular weight is 413 g/mol. The molecule has 1 N–H and O–H groups in total. The Morgan fingerprint density at radius 1 is 1.17 bits per heavy atom. The molecule has 0 saturated heterocycles. The molecule has 29 heavy (non-hydrogen) atoms. The Morgan fingerprint density at radius 3 is 2.55 bits per heavy atom. The van der Waals surface area contributed by atoms with E-state index in [-0.39, 0.29) is 22.7 Å². The molecule has 0 saturated carbocycles. The highest BCUT2D eigenvalue weighted by Gasteiger charge is 2.15. The number of ether oxygens (including phenoxy) is 1. The van der Waals surface area contributed by atoms with Gasteiger partial charge in [0.1, 0.15) is 17.3 Å². The Kier molecular flexibility index (Phi) is 6.70. The molecule has 3 rings (SSSR count). The number of rotatable bonds is 8. The molecule has 0 spiro atoms. The van der Waals surface area contributed by atoms with Crippen LogP contribution >= 0.6 is 10.5 Å². The van der Waals surface area contributed by atoms with Crippen LogP contribution in [0.1, 0.15) is 30.9 Å². The molecule has 152 valence electrons. The second-order valence-electron chi connectivity index (χ2n) is 7.05. The Hall–Kier alpha value is -2.66. The van der Waals surface area contributed by atoms with Crippen LogP contribution in [0, 0.1) is 12.7 Å². The Bertz CT molecular complexity index is 1060. The van der Waals surface area contributed by atoms with E-state index in [1.165, 1.54) is 17.0 Å². The first-order valence-electron chi connectivity index (χ1n) is 9.61. The maximum absolute atomic E-state index is 13.9. The van der Waals surface area contributed by atoms with Gasteiger partial charge in [0.15, 0.2) is 0 Å². The topological polar surface area (TPSA) is 46.5 Å². The molecule has 0 aliphatic rings. The van der Waals surface area contributed by atoms with Crippen LogP contribution in [0.15, 0.2) is 53.4 Å². The Morgan fingerprint density at radius 2 is 1.90 bits per heavy atom. The summed E-state index contributed by atoms with van der Waals surface area (Å²) in [6.07, 6.45) is 2.18. The maximum Gasteiger partial charge on any atom is 0.307 e. The lowest BCUT2D eigenvalue weighted by molar-refractivity contribution is -0.136. The van der Waals surface area contributed by atoms with Crippen molar-refractivity contribution >= 4 is 33.1 Å². The zero-order chi connectivity index (χ0) is 21.0.